The van der Waals surface area contributed by atoms with Gasteiger partial charge in [0.25, 0.3) is 0 Å². The fourth-order valence-corrected chi connectivity index (χ4v) is 0.973. The Balaban J connectivity index is 3.13. The summed E-state index contributed by atoms with van der Waals surface area (Å²) < 4.78 is 31.2. The molecule has 0 aliphatic rings. The van der Waals surface area contributed by atoms with Crippen LogP contribution in [0.5, 0.6) is 5.75 Å². The summed E-state index contributed by atoms with van der Waals surface area (Å²) in [6, 6.07) is 3.54. The molecular weight excluding hydrogens is 188 g/mol. The summed E-state index contributed by atoms with van der Waals surface area (Å²) in [5.74, 6) is -2.13. The molecule has 0 atom stereocenters. The molecule has 4 heteroatoms. The highest BCUT2D eigenvalue weighted by molar-refractivity contribution is 5.37. The van der Waals surface area contributed by atoms with E-state index in [1.807, 2.05) is 0 Å². The topological polar surface area (TPSA) is 33.0 Å². The Labute approximate surface area is 80.7 Å². The van der Waals surface area contributed by atoms with Crippen LogP contribution in [-0.4, -0.2) is 6.10 Å². The zero-order chi connectivity index (χ0) is 10.7. The van der Waals surface area contributed by atoms with E-state index in [4.69, 9.17) is 10.00 Å². The highest BCUT2D eigenvalue weighted by Crippen LogP contribution is 2.23. The molecule has 0 fully saturated rings. The maximum atomic E-state index is 13.1. The molecule has 0 saturated carbocycles. The lowest BCUT2D eigenvalue weighted by molar-refractivity contribution is 0.219. The van der Waals surface area contributed by atoms with Crippen LogP contribution in [0, 0.1) is 23.0 Å². The van der Waals surface area contributed by atoms with Crippen LogP contribution in [0.1, 0.15) is 19.4 Å². The standard InChI is InChI=1S/C10H9F2NO/c1-6(2)14-10-8(11)3-7(5-13)4-9(10)12/h3-4,6H,1-2H3. The van der Waals surface area contributed by atoms with Gasteiger partial charge in [0.1, 0.15) is 0 Å². The number of nitrogens with zero attached hydrogens (tertiary/aromatic N) is 1. The van der Waals surface area contributed by atoms with Crippen LogP contribution in [0.15, 0.2) is 12.1 Å². The summed E-state index contributed by atoms with van der Waals surface area (Å²) in [4.78, 5) is 0. The molecule has 0 amide bonds. The number of benzene rings is 1. The van der Waals surface area contributed by atoms with Crippen molar-refractivity contribution >= 4 is 0 Å². The fraction of sp³-hybridized carbons (Fsp3) is 0.300. The molecule has 0 aromatic heterocycles. The van der Waals surface area contributed by atoms with Crippen molar-refractivity contribution in [2.45, 2.75) is 20.0 Å². The van der Waals surface area contributed by atoms with Crippen LogP contribution in [0.3, 0.4) is 0 Å². The van der Waals surface area contributed by atoms with Gasteiger partial charge in [0.05, 0.1) is 17.7 Å². The van der Waals surface area contributed by atoms with E-state index in [9.17, 15) is 8.78 Å². The quantitative estimate of drug-likeness (QED) is 0.730. The molecule has 1 aromatic carbocycles. The molecule has 1 rings (SSSR count). The molecule has 1 aromatic rings. The van der Waals surface area contributed by atoms with Crippen molar-refractivity contribution < 1.29 is 13.5 Å². The maximum absolute atomic E-state index is 13.1. The molecule has 74 valence electrons. The first-order valence-electron chi connectivity index (χ1n) is 4.10. The molecule has 0 saturated heterocycles. The van der Waals surface area contributed by atoms with Gasteiger partial charge in [-0.1, -0.05) is 0 Å². The second kappa shape index (κ2) is 4.05. The third kappa shape index (κ3) is 2.19. The Hall–Kier alpha value is -1.63. The number of nitriles is 1. The smallest absolute Gasteiger partial charge is 0.191 e. The second-order valence-electron chi connectivity index (χ2n) is 3.05. The van der Waals surface area contributed by atoms with Gasteiger partial charge in [-0.25, -0.2) is 8.78 Å². The predicted octanol–water partition coefficient (Wildman–Crippen LogP) is 2.62. The SMILES string of the molecule is CC(C)Oc1c(F)cc(C#N)cc1F. The monoisotopic (exact) mass is 197 g/mol. The minimum absolute atomic E-state index is 0.0592. The third-order valence-electron chi connectivity index (χ3n) is 1.48. The molecule has 0 spiro atoms. The molecule has 0 aliphatic heterocycles. The predicted molar refractivity (Wildman–Crippen MR) is 46.8 cm³/mol. The molecule has 0 unspecified atom stereocenters. The van der Waals surface area contributed by atoms with Crippen molar-refractivity contribution in [3.63, 3.8) is 0 Å². The summed E-state index contributed by atoms with van der Waals surface area (Å²) in [7, 11) is 0. The van der Waals surface area contributed by atoms with Crippen molar-refractivity contribution in [3.05, 3.63) is 29.3 Å². The average molecular weight is 197 g/mol. The van der Waals surface area contributed by atoms with Gasteiger partial charge in [0.2, 0.25) is 0 Å². The van der Waals surface area contributed by atoms with Crippen LogP contribution in [-0.2, 0) is 0 Å². The molecule has 0 aliphatic carbocycles. The summed E-state index contributed by atoms with van der Waals surface area (Å²) in [5, 5.41) is 8.44. The Morgan fingerprint density at radius 2 is 1.79 bits per heavy atom. The van der Waals surface area contributed by atoms with Crippen LogP contribution in [0.4, 0.5) is 8.78 Å². The lowest BCUT2D eigenvalue weighted by atomic mass is 10.2. The van der Waals surface area contributed by atoms with Crippen LogP contribution < -0.4 is 4.74 Å². The minimum Gasteiger partial charge on any atom is -0.485 e. The normalized spacial score (nSPS) is 10.0. The van der Waals surface area contributed by atoms with Gasteiger partial charge in [-0.3, -0.25) is 0 Å². The highest BCUT2D eigenvalue weighted by atomic mass is 19.1. The fourth-order valence-electron chi connectivity index (χ4n) is 0.973. The van der Waals surface area contributed by atoms with E-state index < -0.39 is 17.4 Å². The second-order valence-corrected chi connectivity index (χ2v) is 3.05. The van der Waals surface area contributed by atoms with E-state index >= 15 is 0 Å². The number of rotatable bonds is 2. The molecular formula is C10H9F2NO. The molecule has 0 heterocycles. The first-order chi connectivity index (χ1) is 6.54. The van der Waals surface area contributed by atoms with E-state index in [2.05, 4.69) is 0 Å². The van der Waals surface area contributed by atoms with Crippen LogP contribution in [0.25, 0.3) is 0 Å². The van der Waals surface area contributed by atoms with Gasteiger partial charge < -0.3 is 4.74 Å². The third-order valence-corrected chi connectivity index (χ3v) is 1.48. The maximum Gasteiger partial charge on any atom is 0.191 e. The Morgan fingerprint density at radius 1 is 1.29 bits per heavy atom. The van der Waals surface area contributed by atoms with E-state index in [-0.39, 0.29) is 11.7 Å². The van der Waals surface area contributed by atoms with E-state index in [1.165, 1.54) is 0 Å². The van der Waals surface area contributed by atoms with Gasteiger partial charge in [-0.2, -0.15) is 5.26 Å². The summed E-state index contributed by atoms with van der Waals surface area (Å²) in [5.41, 5.74) is -0.0592. The van der Waals surface area contributed by atoms with Crippen molar-refractivity contribution in [1.29, 1.82) is 5.26 Å². The number of hydrogen-bond donors (Lipinski definition) is 0. The summed E-state index contributed by atoms with van der Waals surface area (Å²) >= 11 is 0. The number of halogens is 2. The number of ether oxygens (including phenoxy) is 1. The first kappa shape index (κ1) is 10.5. The Kier molecular flexibility index (Phi) is 3.03. The molecule has 0 bridgehead atoms. The van der Waals surface area contributed by atoms with Crippen molar-refractivity contribution in [2.75, 3.05) is 0 Å². The minimum atomic E-state index is -0.852. The lowest BCUT2D eigenvalue weighted by Crippen LogP contribution is -2.08. The Morgan fingerprint density at radius 3 is 2.14 bits per heavy atom. The lowest BCUT2D eigenvalue weighted by Gasteiger charge is -2.11. The zero-order valence-electron chi connectivity index (χ0n) is 7.84. The molecule has 14 heavy (non-hydrogen) atoms. The van der Waals surface area contributed by atoms with E-state index in [1.54, 1.807) is 19.9 Å². The van der Waals surface area contributed by atoms with Crippen LogP contribution >= 0.6 is 0 Å². The average Bonchev–Trinajstić information content (AvgIpc) is 2.10. The Bertz CT molecular complexity index is 359. The van der Waals surface area contributed by atoms with Gasteiger partial charge in [0.15, 0.2) is 17.4 Å². The summed E-state index contributed by atoms with van der Waals surface area (Å²) in [6.07, 6.45) is -0.313. The van der Waals surface area contributed by atoms with Crippen LogP contribution in [0.2, 0.25) is 0 Å². The molecule has 0 N–H and O–H groups in total. The number of hydrogen-bond acceptors (Lipinski definition) is 2. The molecule has 2 nitrogen and oxygen atoms in total. The van der Waals surface area contributed by atoms with Gasteiger partial charge >= 0.3 is 0 Å². The van der Waals surface area contributed by atoms with Crippen molar-refractivity contribution in [1.82, 2.24) is 0 Å². The molecule has 0 radical (unpaired) electrons. The van der Waals surface area contributed by atoms with Crippen molar-refractivity contribution in [3.8, 4) is 11.8 Å². The van der Waals surface area contributed by atoms with Gasteiger partial charge in [-0.15, -0.1) is 0 Å². The van der Waals surface area contributed by atoms with Crippen molar-refractivity contribution in [2.24, 2.45) is 0 Å². The van der Waals surface area contributed by atoms with E-state index in [0.29, 0.717) is 0 Å². The largest absolute Gasteiger partial charge is 0.485 e. The van der Waals surface area contributed by atoms with E-state index in [0.717, 1.165) is 12.1 Å². The van der Waals surface area contributed by atoms with Gasteiger partial charge in [-0.05, 0) is 26.0 Å². The first-order valence-corrected chi connectivity index (χ1v) is 4.10. The zero-order valence-corrected chi connectivity index (χ0v) is 7.84. The highest BCUT2D eigenvalue weighted by Gasteiger charge is 2.13. The summed E-state index contributed by atoms with van der Waals surface area (Å²) in [6.45, 7) is 3.33. The van der Waals surface area contributed by atoms with Gasteiger partial charge in [0, 0.05) is 0 Å².